The van der Waals surface area contributed by atoms with Gasteiger partial charge in [0.2, 0.25) is 15.9 Å². The Morgan fingerprint density at radius 1 is 1.25 bits per heavy atom. The van der Waals surface area contributed by atoms with Gasteiger partial charge >= 0.3 is 0 Å². The molecule has 0 aliphatic rings. The number of nitro groups is 1. The standard InChI is InChI=1S/C11H15N3O5S/c1-9(15)12-6-7-13-20(18,19)8-10-2-4-11(5-3-10)14(16)17/h2-5,13H,6-8H2,1H3,(H,12,15). The Balaban J connectivity index is 2.53. The van der Waals surface area contributed by atoms with Crippen molar-refractivity contribution in [3.8, 4) is 0 Å². The predicted molar refractivity (Wildman–Crippen MR) is 72.4 cm³/mol. The Labute approximate surface area is 116 Å². The van der Waals surface area contributed by atoms with Crippen molar-refractivity contribution in [1.82, 2.24) is 10.0 Å². The van der Waals surface area contributed by atoms with Crippen molar-refractivity contribution in [3.63, 3.8) is 0 Å². The summed E-state index contributed by atoms with van der Waals surface area (Å²) < 4.78 is 25.7. The molecule has 0 atom stereocenters. The van der Waals surface area contributed by atoms with Gasteiger partial charge in [-0.3, -0.25) is 14.9 Å². The van der Waals surface area contributed by atoms with E-state index in [1.807, 2.05) is 0 Å². The van der Waals surface area contributed by atoms with E-state index < -0.39 is 14.9 Å². The first kappa shape index (κ1) is 16.1. The van der Waals surface area contributed by atoms with Crippen molar-refractivity contribution in [2.45, 2.75) is 12.7 Å². The number of hydrogen-bond donors (Lipinski definition) is 2. The van der Waals surface area contributed by atoms with Crippen LogP contribution in [0.4, 0.5) is 5.69 Å². The van der Waals surface area contributed by atoms with E-state index in [-0.39, 0.29) is 30.4 Å². The van der Waals surface area contributed by atoms with Crippen LogP contribution in [0, 0.1) is 10.1 Å². The first-order chi connectivity index (χ1) is 9.30. The van der Waals surface area contributed by atoms with E-state index in [4.69, 9.17) is 0 Å². The second-order valence-electron chi connectivity index (χ2n) is 4.06. The third-order valence-corrected chi connectivity index (χ3v) is 3.68. The molecule has 20 heavy (non-hydrogen) atoms. The summed E-state index contributed by atoms with van der Waals surface area (Å²) in [5.41, 5.74) is 0.354. The number of benzene rings is 1. The number of non-ortho nitro benzene ring substituents is 1. The predicted octanol–water partition coefficient (Wildman–Crippen LogP) is 0.150. The molecule has 0 radical (unpaired) electrons. The van der Waals surface area contributed by atoms with Gasteiger partial charge in [0.25, 0.3) is 5.69 Å². The Kier molecular flexibility index (Phi) is 5.59. The number of sulfonamides is 1. The van der Waals surface area contributed by atoms with Crippen LogP contribution in [-0.4, -0.2) is 32.3 Å². The SMILES string of the molecule is CC(=O)NCCNS(=O)(=O)Cc1ccc([N+](=O)[O-])cc1. The number of nitrogens with one attached hydrogen (secondary N) is 2. The summed E-state index contributed by atoms with van der Waals surface area (Å²) in [6.45, 7) is 1.63. The lowest BCUT2D eigenvalue weighted by Gasteiger charge is -2.07. The molecule has 0 saturated carbocycles. The summed E-state index contributed by atoms with van der Waals surface area (Å²) in [5, 5.41) is 12.9. The van der Waals surface area contributed by atoms with Crippen LogP contribution < -0.4 is 10.0 Å². The van der Waals surface area contributed by atoms with Crippen molar-refractivity contribution in [3.05, 3.63) is 39.9 Å². The Bertz CT molecular complexity index is 583. The van der Waals surface area contributed by atoms with Crippen LogP contribution in [0.15, 0.2) is 24.3 Å². The van der Waals surface area contributed by atoms with Gasteiger partial charge in [0.15, 0.2) is 0 Å². The van der Waals surface area contributed by atoms with Crippen LogP contribution in [0.25, 0.3) is 0 Å². The highest BCUT2D eigenvalue weighted by Gasteiger charge is 2.12. The molecule has 1 aromatic rings. The van der Waals surface area contributed by atoms with E-state index >= 15 is 0 Å². The third kappa shape index (κ3) is 5.76. The third-order valence-electron chi connectivity index (χ3n) is 2.32. The molecule has 0 fully saturated rings. The lowest BCUT2D eigenvalue weighted by molar-refractivity contribution is -0.384. The number of carbonyl (C=O) groups excluding carboxylic acids is 1. The summed E-state index contributed by atoms with van der Waals surface area (Å²) in [4.78, 5) is 20.5. The van der Waals surface area contributed by atoms with E-state index in [1.54, 1.807) is 0 Å². The van der Waals surface area contributed by atoms with Crippen molar-refractivity contribution in [2.75, 3.05) is 13.1 Å². The van der Waals surface area contributed by atoms with Crippen molar-refractivity contribution in [2.24, 2.45) is 0 Å². The zero-order valence-electron chi connectivity index (χ0n) is 10.8. The second kappa shape index (κ2) is 6.96. The molecule has 110 valence electrons. The maximum absolute atomic E-state index is 11.7. The first-order valence-electron chi connectivity index (χ1n) is 5.75. The minimum Gasteiger partial charge on any atom is -0.355 e. The molecule has 0 aromatic heterocycles. The topological polar surface area (TPSA) is 118 Å². The Morgan fingerprint density at radius 3 is 2.35 bits per heavy atom. The number of nitro benzene ring substituents is 1. The molecule has 1 rings (SSSR count). The van der Waals surface area contributed by atoms with E-state index in [0.717, 1.165) is 0 Å². The number of rotatable bonds is 7. The monoisotopic (exact) mass is 301 g/mol. The first-order valence-corrected chi connectivity index (χ1v) is 7.40. The average Bonchev–Trinajstić information content (AvgIpc) is 2.34. The summed E-state index contributed by atoms with van der Waals surface area (Å²) >= 11 is 0. The van der Waals surface area contributed by atoms with Gasteiger partial charge in [-0.25, -0.2) is 13.1 Å². The summed E-state index contributed by atoms with van der Waals surface area (Å²) in [6.07, 6.45) is 0. The van der Waals surface area contributed by atoms with Gasteiger partial charge in [0.1, 0.15) is 0 Å². The fourth-order valence-corrected chi connectivity index (χ4v) is 2.58. The van der Waals surface area contributed by atoms with E-state index in [0.29, 0.717) is 5.56 Å². The number of nitrogens with zero attached hydrogens (tertiary/aromatic N) is 1. The molecule has 0 spiro atoms. The lowest BCUT2D eigenvalue weighted by Crippen LogP contribution is -2.34. The van der Waals surface area contributed by atoms with Crippen LogP contribution in [0.1, 0.15) is 12.5 Å². The van der Waals surface area contributed by atoms with Gasteiger partial charge in [0, 0.05) is 32.1 Å². The highest BCUT2D eigenvalue weighted by Crippen LogP contribution is 2.13. The van der Waals surface area contributed by atoms with Gasteiger partial charge in [-0.05, 0) is 5.56 Å². The van der Waals surface area contributed by atoms with Gasteiger partial charge < -0.3 is 5.32 Å². The minimum absolute atomic E-state index is 0.0922. The van der Waals surface area contributed by atoms with E-state index in [9.17, 15) is 23.3 Å². The van der Waals surface area contributed by atoms with Gasteiger partial charge in [-0.2, -0.15) is 0 Å². The van der Waals surface area contributed by atoms with Crippen molar-refractivity contribution < 1.29 is 18.1 Å². The molecule has 2 N–H and O–H groups in total. The van der Waals surface area contributed by atoms with Crippen LogP contribution >= 0.6 is 0 Å². The molecule has 1 aromatic carbocycles. The number of amides is 1. The molecule has 0 aliphatic carbocycles. The smallest absolute Gasteiger partial charge is 0.269 e. The van der Waals surface area contributed by atoms with Gasteiger partial charge in [0.05, 0.1) is 10.7 Å². The normalized spacial score (nSPS) is 11.1. The Hall–Kier alpha value is -2.00. The van der Waals surface area contributed by atoms with Crippen LogP contribution in [-0.2, 0) is 20.6 Å². The highest BCUT2D eigenvalue weighted by molar-refractivity contribution is 7.88. The molecule has 0 aliphatic heterocycles. The summed E-state index contributed by atoms with van der Waals surface area (Å²) in [7, 11) is -3.54. The van der Waals surface area contributed by atoms with E-state index in [1.165, 1.54) is 31.2 Å². The van der Waals surface area contributed by atoms with Crippen molar-refractivity contribution >= 4 is 21.6 Å². The fraction of sp³-hybridized carbons (Fsp3) is 0.364. The van der Waals surface area contributed by atoms with Gasteiger partial charge in [-0.1, -0.05) is 12.1 Å². The maximum Gasteiger partial charge on any atom is 0.269 e. The van der Waals surface area contributed by atoms with Crippen LogP contribution in [0.5, 0.6) is 0 Å². The number of hydrogen-bond acceptors (Lipinski definition) is 5. The second-order valence-corrected chi connectivity index (χ2v) is 5.87. The molecule has 0 unspecified atom stereocenters. The molecule has 0 heterocycles. The van der Waals surface area contributed by atoms with Crippen LogP contribution in [0.3, 0.4) is 0 Å². The number of carbonyl (C=O) groups is 1. The maximum atomic E-state index is 11.7. The van der Waals surface area contributed by atoms with E-state index in [2.05, 4.69) is 10.0 Å². The molecule has 1 amide bonds. The molecular formula is C11H15N3O5S. The molecule has 0 bridgehead atoms. The Morgan fingerprint density at radius 2 is 1.85 bits per heavy atom. The molecule has 9 heteroatoms. The minimum atomic E-state index is -3.54. The molecule has 8 nitrogen and oxygen atoms in total. The molecular weight excluding hydrogens is 286 g/mol. The fourth-order valence-electron chi connectivity index (χ4n) is 1.43. The highest BCUT2D eigenvalue weighted by atomic mass is 32.2. The summed E-state index contributed by atoms with van der Waals surface area (Å²) in [6, 6.07) is 5.29. The van der Waals surface area contributed by atoms with Crippen molar-refractivity contribution in [1.29, 1.82) is 0 Å². The summed E-state index contributed by atoms with van der Waals surface area (Å²) in [5.74, 6) is -0.509. The zero-order valence-corrected chi connectivity index (χ0v) is 11.6. The zero-order chi connectivity index (χ0) is 15.2. The van der Waals surface area contributed by atoms with Crippen LogP contribution in [0.2, 0.25) is 0 Å². The average molecular weight is 301 g/mol. The largest absolute Gasteiger partial charge is 0.355 e. The lowest BCUT2D eigenvalue weighted by atomic mass is 10.2. The quantitative estimate of drug-likeness (QED) is 0.422. The van der Waals surface area contributed by atoms with Gasteiger partial charge in [-0.15, -0.1) is 0 Å². The molecule has 0 saturated heterocycles.